The number of rotatable bonds is 4. The Kier molecular flexibility index (Phi) is 5.02. The molecule has 1 aromatic rings. The maximum absolute atomic E-state index is 12.4. The Balaban J connectivity index is 2.37. The van der Waals surface area contributed by atoms with Gasteiger partial charge in [0.1, 0.15) is 11.7 Å². The predicted octanol–water partition coefficient (Wildman–Crippen LogP) is 2.87. The molecular formula is C19H20O5. The van der Waals surface area contributed by atoms with Gasteiger partial charge in [-0.2, -0.15) is 0 Å². The predicted molar refractivity (Wildman–Crippen MR) is 89.0 cm³/mol. The molecule has 5 nitrogen and oxygen atoms in total. The van der Waals surface area contributed by atoms with E-state index in [1.165, 1.54) is 13.2 Å². The van der Waals surface area contributed by atoms with Crippen LogP contribution in [0.2, 0.25) is 0 Å². The van der Waals surface area contributed by atoms with Crippen LogP contribution >= 0.6 is 0 Å². The maximum atomic E-state index is 12.4. The van der Waals surface area contributed by atoms with Gasteiger partial charge in [-0.15, -0.1) is 0 Å². The van der Waals surface area contributed by atoms with Gasteiger partial charge >= 0.3 is 5.97 Å². The third kappa shape index (κ3) is 3.45. The van der Waals surface area contributed by atoms with Crippen LogP contribution in [0, 0.1) is 11.3 Å². The normalized spacial score (nSPS) is 20.3. The van der Waals surface area contributed by atoms with E-state index in [2.05, 4.69) is 0 Å². The van der Waals surface area contributed by atoms with Crippen molar-refractivity contribution < 1.29 is 24.2 Å². The first-order chi connectivity index (χ1) is 11.3. The first-order valence-corrected chi connectivity index (χ1v) is 7.59. The average Bonchev–Trinajstić information content (AvgIpc) is 2.52. The van der Waals surface area contributed by atoms with E-state index < -0.39 is 34.6 Å². The molecule has 0 amide bonds. The Morgan fingerprint density at radius 3 is 2.46 bits per heavy atom. The number of ketones is 2. The van der Waals surface area contributed by atoms with Crippen molar-refractivity contribution in [2.75, 3.05) is 7.11 Å². The average molecular weight is 328 g/mol. The molecule has 0 fully saturated rings. The van der Waals surface area contributed by atoms with E-state index in [0.29, 0.717) is 0 Å². The Hall–Kier alpha value is -2.69. The molecule has 24 heavy (non-hydrogen) atoms. The number of hydrogen-bond acceptors (Lipinski definition) is 5. The van der Waals surface area contributed by atoms with Crippen molar-refractivity contribution in [1.29, 1.82) is 0 Å². The van der Waals surface area contributed by atoms with Crippen LogP contribution in [-0.4, -0.2) is 29.8 Å². The molecular weight excluding hydrogens is 308 g/mol. The molecule has 0 saturated carbocycles. The summed E-state index contributed by atoms with van der Waals surface area (Å²) in [6, 6.07) is 9.12. The number of benzene rings is 1. The van der Waals surface area contributed by atoms with Crippen LogP contribution in [0.4, 0.5) is 0 Å². The summed E-state index contributed by atoms with van der Waals surface area (Å²) in [6.45, 7) is 3.32. The first-order valence-electron chi connectivity index (χ1n) is 7.59. The van der Waals surface area contributed by atoms with Gasteiger partial charge in [0.15, 0.2) is 11.6 Å². The quantitative estimate of drug-likeness (QED) is 0.522. The SMILES string of the molecule is COC(=O)C1=C(O)[C@@H](C(=O)C=Cc2ccccc2)C(=O)CC1(C)C. The molecule has 0 bridgehead atoms. The second kappa shape index (κ2) is 6.83. The number of carbonyl (C=O) groups excluding carboxylic acids is 3. The number of aliphatic hydroxyl groups excluding tert-OH is 1. The van der Waals surface area contributed by atoms with Crippen molar-refractivity contribution in [3.63, 3.8) is 0 Å². The molecule has 1 aliphatic carbocycles. The van der Waals surface area contributed by atoms with Crippen LogP contribution in [0.5, 0.6) is 0 Å². The van der Waals surface area contributed by atoms with Crippen molar-refractivity contribution in [2.45, 2.75) is 20.3 Å². The lowest BCUT2D eigenvalue weighted by Crippen LogP contribution is -2.39. The van der Waals surface area contributed by atoms with E-state index in [9.17, 15) is 19.5 Å². The Morgan fingerprint density at radius 2 is 1.88 bits per heavy atom. The van der Waals surface area contributed by atoms with Gasteiger partial charge < -0.3 is 9.84 Å². The van der Waals surface area contributed by atoms with E-state index in [1.807, 2.05) is 30.3 Å². The summed E-state index contributed by atoms with van der Waals surface area (Å²) in [5.41, 5.74) is -0.101. The molecule has 2 rings (SSSR count). The monoisotopic (exact) mass is 328 g/mol. The summed E-state index contributed by atoms with van der Waals surface area (Å²) in [5.74, 6) is -3.56. The molecule has 0 aliphatic heterocycles. The summed E-state index contributed by atoms with van der Waals surface area (Å²) in [6.07, 6.45) is 2.80. The molecule has 1 N–H and O–H groups in total. The van der Waals surface area contributed by atoms with Crippen molar-refractivity contribution in [1.82, 2.24) is 0 Å². The van der Waals surface area contributed by atoms with Crippen molar-refractivity contribution >= 4 is 23.6 Å². The highest BCUT2D eigenvalue weighted by Crippen LogP contribution is 2.41. The van der Waals surface area contributed by atoms with Crippen molar-refractivity contribution in [2.24, 2.45) is 11.3 Å². The van der Waals surface area contributed by atoms with Crippen molar-refractivity contribution in [3.05, 3.63) is 53.3 Å². The number of esters is 1. The largest absolute Gasteiger partial charge is 0.510 e. The highest BCUT2D eigenvalue weighted by atomic mass is 16.5. The summed E-state index contributed by atoms with van der Waals surface area (Å²) >= 11 is 0. The summed E-state index contributed by atoms with van der Waals surface area (Å²) in [7, 11) is 1.20. The van der Waals surface area contributed by atoms with Gasteiger partial charge in [-0.3, -0.25) is 9.59 Å². The minimum Gasteiger partial charge on any atom is -0.510 e. The summed E-state index contributed by atoms with van der Waals surface area (Å²) in [4.78, 5) is 36.7. The zero-order chi connectivity index (χ0) is 17.9. The Bertz CT molecular complexity index is 725. The van der Waals surface area contributed by atoms with E-state index in [-0.39, 0.29) is 12.0 Å². The first kappa shape index (κ1) is 17.7. The standard InChI is InChI=1S/C19H20O5/c1-19(2)11-14(21)15(17(22)16(19)18(23)24-3)13(20)10-9-12-7-5-4-6-8-12/h4-10,15,22H,11H2,1-3H3/t15-/m0/s1. The van der Waals surface area contributed by atoms with E-state index in [1.54, 1.807) is 19.9 Å². The maximum Gasteiger partial charge on any atom is 0.337 e. The molecule has 1 aromatic carbocycles. The van der Waals surface area contributed by atoms with E-state index in [4.69, 9.17) is 4.74 Å². The van der Waals surface area contributed by atoms with Crippen LogP contribution in [-0.2, 0) is 19.1 Å². The molecule has 0 aromatic heterocycles. The number of Topliss-reactive ketones (excluding diaryl/α,β-unsaturated/α-hetero) is 1. The Morgan fingerprint density at radius 1 is 1.25 bits per heavy atom. The van der Waals surface area contributed by atoms with E-state index >= 15 is 0 Å². The van der Waals surface area contributed by atoms with Gasteiger partial charge in [0.2, 0.25) is 0 Å². The van der Waals surface area contributed by atoms with Crippen LogP contribution in [0.1, 0.15) is 25.8 Å². The zero-order valence-corrected chi connectivity index (χ0v) is 13.9. The molecule has 0 unspecified atom stereocenters. The third-order valence-electron chi connectivity index (χ3n) is 4.06. The molecule has 0 saturated heterocycles. The lowest BCUT2D eigenvalue weighted by Gasteiger charge is -2.33. The molecule has 0 heterocycles. The fraction of sp³-hybridized carbons (Fsp3) is 0.316. The van der Waals surface area contributed by atoms with Crippen molar-refractivity contribution in [3.8, 4) is 0 Å². The molecule has 126 valence electrons. The molecule has 0 radical (unpaired) electrons. The van der Waals surface area contributed by atoms with Gasteiger partial charge in [0.05, 0.1) is 12.7 Å². The van der Waals surface area contributed by atoms with Gasteiger partial charge in [-0.05, 0) is 11.6 Å². The zero-order valence-electron chi connectivity index (χ0n) is 13.9. The van der Waals surface area contributed by atoms with Crippen LogP contribution in [0.15, 0.2) is 47.7 Å². The highest BCUT2D eigenvalue weighted by molar-refractivity contribution is 6.13. The van der Waals surface area contributed by atoms with Crippen LogP contribution in [0.3, 0.4) is 0 Å². The van der Waals surface area contributed by atoms with Gasteiger partial charge in [0.25, 0.3) is 0 Å². The second-order valence-corrected chi connectivity index (χ2v) is 6.36. The van der Waals surface area contributed by atoms with Gasteiger partial charge in [-0.25, -0.2) is 4.79 Å². The third-order valence-corrected chi connectivity index (χ3v) is 4.06. The second-order valence-electron chi connectivity index (χ2n) is 6.36. The molecule has 1 aliphatic rings. The smallest absolute Gasteiger partial charge is 0.337 e. The van der Waals surface area contributed by atoms with Gasteiger partial charge in [0, 0.05) is 11.8 Å². The molecule has 1 atom stereocenters. The molecule has 5 heteroatoms. The molecule has 0 spiro atoms. The Labute approximate surface area is 140 Å². The minimum absolute atomic E-state index is 0.0168. The number of allylic oxidation sites excluding steroid dienone is 2. The van der Waals surface area contributed by atoms with Crippen LogP contribution in [0.25, 0.3) is 6.08 Å². The lowest BCUT2D eigenvalue weighted by atomic mass is 9.69. The summed E-state index contributed by atoms with van der Waals surface area (Å²) < 4.78 is 4.69. The number of hydrogen-bond donors (Lipinski definition) is 1. The topological polar surface area (TPSA) is 80.7 Å². The fourth-order valence-corrected chi connectivity index (χ4v) is 2.88. The number of aliphatic hydroxyl groups is 1. The summed E-state index contributed by atoms with van der Waals surface area (Å²) in [5, 5.41) is 10.4. The van der Waals surface area contributed by atoms with E-state index in [0.717, 1.165) is 5.56 Å². The minimum atomic E-state index is -1.35. The highest BCUT2D eigenvalue weighted by Gasteiger charge is 2.46. The van der Waals surface area contributed by atoms with Gasteiger partial charge in [-0.1, -0.05) is 50.3 Å². The number of methoxy groups -OCH3 is 1. The lowest BCUT2D eigenvalue weighted by molar-refractivity contribution is -0.139. The number of ether oxygens (including phenoxy) is 1. The number of carbonyl (C=O) groups is 3. The van der Waals surface area contributed by atoms with Crippen LogP contribution < -0.4 is 0 Å². The fourth-order valence-electron chi connectivity index (χ4n) is 2.88.